The summed E-state index contributed by atoms with van der Waals surface area (Å²) >= 11 is 0. The average Bonchev–Trinajstić information content (AvgIpc) is 1.77. The summed E-state index contributed by atoms with van der Waals surface area (Å²) in [4.78, 5) is 0. The van der Waals surface area contributed by atoms with Crippen molar-refractivity contribution < 1.29 is 18.3 Å². The molecular formula is C12H25F3O. The van der Waals surface area contributed by atoms with Crippen LogP contribution in [0.3, 0.4) is 0 Å². The van der Waals surface area contributed by atoms with Crippen LogP contribution < -0.4 is 0 Å². The van der Waals surface area contributed by atoms with Gasteiger partial charge < -0.3 is 5.11 Å². The first-order valence-corrected chi connectivity index (χ1v) is 5.29. The fourth-order valence-corrected chi connectivity index (χ4v) is 0. The van der Waals surface area contributed by atoms with E-state index >= 15 is 0 Å². The molecule has 0 aliphatic carbocycles. The molecule has 0 radical (unpaired) electrons. The molecule has 0 atom stereocenters. The maximum Gasteiger partial charge on any atom is 0.393 e. The van der Waals surface area contributed by atoms with Crippen LogP contribution in [0, 0.1) is 10.8 Å². The lowest BCUT2D eigenvalue weighted by Gasteiger charge is -2.33. The van der Waals surface area contributed by atoms with Crippen LogP contribution in [0.1, 0.15) is 55.4 Å². The zero-order chi connectivity index (χ0) is 14.0. The van der Waals surface area contributed by atoms with Crippen LogP contribution in [0.2, 0.25) is 0 Å². The van der Waals surface area contributed by atoms with Crippen molar-refractivity contribution in [2.24, 2.45) is 10.8 Å². The van der Waals surface area contributed by atoms with Gasteiger partial charge in [-0.25, -0.2) is 0 Å². The van der Waals surface area contributed by atoms with Gasteiger partial charge in [0.25, 0.3) is 0 Å². The second-order valence-corrected chi connectivity index (χ2v) is 6.56. The van der Waals surface area contributed by atoms with E-state index in [1.54, 1.807) is 0 Å². The molecule has 0 aromatic rings. The lowest BCUT2D eigenvalue weighted by Crippen LogP contribution is -2.35. The Hall–Kier alpha value is -0.250. The molecule has 0 amide bonds. The van der Waals surface area contributed by atoms with Gasteiger partial charge in [-0.3, -0.25) is 0 Å². The van der Waals surface area contributed by atoms with Crippen molar-refractivity contribution in [3.8, 4) is 0 Å². The summed E-state index contributed by atoms with van der Waals surface area (Å²) in [5.41, 5.74) is -2.13. The summed E-state index contributed by atoms with van der Waals surface area (Å²) in [6.07, 6.45) is -4.06. The number of rotatable bonds is 0. The maximum atomic E-state index is 11.6. The molecule has 0 aliphatic heterocycles. The standard InChI is InChI=1S/C7H16O.C5H9F3/c1-6(2,3)7(4,5)8;1-4(2,3)5(6,7)8/h8H,1-5H3;1-3H3. The molecule has 4 heteroatoms. The molecule has 1 nitrogen and oxygen atoms in total. The zero-order valence-corrected chi connectivity index (χ0v) is 11.6. The van der Waals surface area contributed by atoms with E-state index in [0.717, 1.165) is 20.8 Å². The smallest absolute Gasteiger partial charge is 0.390 e. The highest BCUT2D eigenvalue weighted by Gasteiger charge is 2.42. The van der Waals surface area contributed by atoms with Gasteiger partial charge in [0.15, 0.2) is 0 Å². The monoisotopic (exact) mass is 242 g/mol. The molecule has 0 saturated carbocycles. The Balaban J connectivity index is 0. The predicted molar refractivity (Wildman–Crippen MR) is 61.3 cm³/mol. The van der Waals surface area contributed by atoms with Crippen LogP contribution in [0.5, 0.6) is 0 Å². The predicted octanol–water partition coefficient (Wildman–Crippen LogP) is 4.40. The Labute approximate surface area is 97.1 Å². The highest BCUT2D eigenvalue weighted by Crippen LogP contribution is 2.36. The Kier molecular flexibility index (Phi) is 5.60. The molecule has 0 bridgehead atoms. The number of halogens is 3. The van der Waals surface area contributed by atoms with E-state index in [4.69, 9.17) is 0 Å². The highest BCUT2D eigenvalue weighted by molar-refractivity contribution is 4.80. The summed E-state index contributed by atoms with van der Waals surface area (Å²) in [6, 6.07) is 0. The SMILES string of the molecule is CC(C)(C)C(C)(C)O.CC(C)(C)C(F)(F)F. The largest absolute Gasteiger partial charge is 0.393 e. The molecule has 0 aromatic heterocycles. The average molecular weight is 242 g/mol. The second kappa shape index (κ2) is 4.94. The fourth-order valence-electron chi connectivity index (χ4n) is 0. The van der Waals surface area contributed by atoms with E-state index < -0.39 is 17.2 Å². The van der Waals surface area contributed by atoms with Gasteiger partial charge in [0.2, 0.25) is 0 Å². The lowest BCUT2D eigenvalue weighted by atomic mass is 9.79. The summed E-state index contributed by atoms with van der Waals surface area (Å²) in [5, 5.41) is 9.35. The molecule has 16 heavy (non-hydrogen) atoms. The van der Waals surface area contributed by atoms with Crippen LogP contribution >= 0.6 is 0 Å². The van der Waals surface area contributed by atoms with Gasteiger partial charge in [-0.05, 0) is 19.3 Å². The van der Waals surface area contributed by atoms with Crippen LogP contribution in [0.4, 0.5) is 13.2 Å². The van der Waals surface area contributed by atoms with Crippen LogP contribution in [0.15, 0.2) is 0 Å². The molecule has 0 heterocycles. The molecule has 0 aromatic carbocycles. The number of hydrogen-bond donors (Lipinski definition) is 1. The summed E-state index contributed by atoms with van der Waals surface area (Å²) < 4.78 is 34.7. The van der Waals surface area contributed by atoms with E-state index in [0.29, 0.717) is 0 Å². The van der Waals surface area contributed by atoms with Gasteiger partial charge in [-0.1, -0.05) is 41.5 Å². The Bertz CT molecular complexity index is 150. The maximum absolute atomic E-state index is 11.6. The van der Waals surface area contributed by atoms with Crippen LogP contribution in [-0.4, -0.2) is 16.9 Å². The van der Waals surface area contributed by atoms with E-state index in [2.05, 4.69) is 0 Å². The molecule has 0 rings (SSSR count). The third-order valence-electron chi connectivity index (χ3n) is 2.69. The van der Waals surface area contributed by atoms with Gasteiger partial charge in [0.1, 0.15) is 0 Å². The van der Waals surface area contributed by atoms with Crippen molar-refractivity contribution in [3.63, 3.8) is 0 Å². The first kappa shape index (κ1) is 18.1. The second-order valence-electron chi connectivity index (χ2n) is 6.56. The molecular weight excluding hydrogens is 217 g/mol. The quantitative estimate of drug-likeness (QED) is 0.667. The van der Waals surface area contributed by atoms with Gasteiger partial charge >= 0.3 is 6.18 Å². The first-order chi connectivity index (χ1) is 6.50. The molecule has 100 valence electrons. The molecule has 0 fully saturated rings. The van der Waals surface area contributed by atoms with E-state index in [-0.39, 0.29) is 5.41 Å². The minimum Gasteiger partial charge on any atom is -0.390 e. The van der Waals surface area contributed by atoms with Gasteiger partial charge in [0, 0.05) is 0 Å². The number of aliphatic hydroxyl groups is 1. The summed E-state index contributed by atoms with van der Waals surface area (Å²) in [5.74, 6) is 0. The highest BCUT2D eigenvalue weighted by atomic mass is 19.4. The third kappa shape index (κ3) is 7.09. The van der Waals surface area contributed by atoms with Crippen LogP contribution in [0.25, 0.3) is 0 Å². The van der Waals surface area contributed by atoms with Crippen molar-refractivity contribution in [2.45, 2.75) is 67.2 Å². The molecule has 0 spiro atoms. The molecule has 0 aliphatic rings. The third-order valence-corrected chi connectivity index (χ3v) is 2.69. The Morgan fingerprint density at radius 1 is 0.625 bits per heavy atom. The summed E-state index contributed by atoms with van der Waals surface area (Å²) in [6.45, 7) is 13.2. The van der Waals surface area contributed by atoms with Crippen LogP contribution in [-0.2, 0) is 0 Å². The van der Waals surface area contributed by atoms with E-state index in [1.807, 2.05) is 34.6 Å². The van der Waals surface area contributed by atoms with Crippen molar-refractivity contribution in [2.75, 3.05) is 0 Å². The van der Waals surface area contributed by atoms with Crippen molar-refractivity contribution >= 4 is 0 Å². The number of hydrogen-bond acceptors (Lipinski definition) is 1. The molecule has 0 saturated heterocycles. The van der Waals surface area contributed by atoms with E-state index in [1.165, 1.54) is 0 Å². The Morgan fingerprint density at radius 3 is 0.750 bits per heavy atom. The van der Waals surface area contributed by atoms with E-state index in [9.17, 15) is 18.3 Å². The summed E-state index contributed by atoms with van der Waals surface area (Å²) in [7, 11) is 0. The topological polar surface area (TPSA) is 20.2 Å². The van der Waals surface area contributed by atoms with Crippen molar-refractivity contribution in [1.29, 1.82) is 0 Å². The Morgan fingerprint density at radius 2 is 0.750 bits per heavy atom. The minimum atomic E-state index is -4.06. The zero-order valence-electron chi connectivity index (χ0n) is 11.6. The van der Waals surface area contributed by atoms with Crippen molar-refractivity contribution in [3.05, 3.63) is 0 Å². The van der Waals surface area contributed by atoms with Gasteiger partial charge in [0.05, 0.1) is 11.0 Å². The minimum absolute atomic E-state index is 0.00694. The normalized spacial score (nSPS) is 14.2. The fraction of sp³-hybridized carbons (Fsp3) is 1.00. The molecule has 1 N–H and O–H groups in total. The van der Waals surface area contributed by atoms with Crippen molar-refractivity contribution in [1.82, 2.24) is 0 Å². The van der Waals surface area contributed by atoms with Gasteiger partial charge in [-0.2, -0.15) is 13.2 Å². The lowest BCUT2D eigenvalue weighted by molar-refractivity contribution is -0.204. The number of alkyl halides is 3. The first-order valence-electron chi connectivity index (χ1n) is 5.29. The molecule has 0 unspecified atom stereocenters. The van der Waals surface area contributed by atoms with Gasteiger partial charge in [-0.15, -0.1) is 0 Å².